The molecule has 44 heavy (non-hydrogen) atoms. The summed E-state index contributed by atoms with van der Waals surface area (Å²) in [6, 6.07) is 58.8. The second-order valence-corrected chi connectivity index (χ2v) is 12.2. The molecule has 1 heteroatoms. The minimum Gasteiger partial charge on any atom is -0.256 e. The largest absolute Gasteiger partial charge is 0.256 e. The van der Waals surface area contributed by atoms with E-state index in [-0.39, 0.29) is 0 Å². The number of nitrogens with zero attached hydrogens (tertiary/aromatic N) is 1. The summed E-state index contributed by atoms with van der Waals surface area (Å²) in [6.45, 7) is 0. The third kappa shape index (κ3) is 2.70. The lowest BCUT2D eigenvalue weighted by Gasteiger charge is -2.48. The van der Waals surface area contributed by atoms with Crippen molar-refractivity contribution in [3.05, 3.63) is 208 Å². The van der Waals surface area contributed by atoms with Gasteiger partial charge in [0.2, 0.25) is 0 Å². The lowest BCUT2D eigenvalue weighted by atomic mass is 9.52. The maximum absolute atomic E-state index is 4.76. The summed E-state index contributed by atoms with van der Waals surface area (Å²) in [4.78, 5) is 4.76. The second-order valence-electron chi connectivity index (χ2n) is 12.2. The molecule has 0 saturated heterocycles. The van der Waals surface area contributed by atoms with Gasteiger partial charge < -0.3 is 0 Å². The van der Waals surface area contributed by atoms with E-state index in [9.17, 15) is 0 Å². The van der Waals surface area contributed by atoms with Crippen molar-refractivity contribution in [1.82, 2.24) is 4.98 Å². The van der Waals surface area contributed by atoms with E-state index in [0.717, 1.165) is 11.3 Å². The van der Waals surface area contributed by atoms with Crippen LogP contribution in [0, 0.1) is 0 Å². The van der Waals surface area contributed by atoms with E-state index in [4.69, 9.17) is 4.98 Å². The molecule has 0 N–H and O–H groups in total. The zero-order valence-corrected chi connectivity index (χ0v) is 24.0. The fraction of sp³-hybridized carbons (Fsp3) is 0.0465. The van der Waals surface area contributed by atoms with Crippen LogP contribution in [0.4, 0.5) is 0 Å². The van der Waals surface area contributed by atoms with Gasteiger partial charge in [-0.1, -0.05) is 140 Å². The van der Waals surface area contributed by atoms with Crippen molar-refractivity contribution in [2.75, 3.05) is 0 Å². The summed E-state index contributed by atoms with van der Waals surface area (Å²) >= 11 is 0. The van der Waals surface area contributed by atoms with E-state index in [1.807, 2.05) is 12.3 Å². The summed E-state index contributed by atoms with van der Waals surface area (Å²) in [5, 5.41) is 0. The number of hydrogen-bond donors (Lipinski definition) is 0. The van der Waals surface area contributed by atoms with Gasteiger partial charge in [-0.15, -0.1) is 0 Å². The Bertz CT molecular complexity index is 2280. The van der Waals surface area contributed by atoms with Crippen LogP contribution in [0.15, 0.2) is 164 Å². The zero-order chi connectivity index (χ0) is 28.9. The molecule has 1 heterocycles. The lowest BCUT2D eigenvalue weighted by Crippen LogP contribution is -2.43. The first kappa shape index (κ1) is 24.0. The summed E-state index contributed by atoms with van der Waals surface area (Å²) in [6.07, 6.45) is 1.89. The number of fused-ring (bicyclic) bond motifs is 12. The van der Waals surface area contributed by atoms with Gasteiger partial charge in [-0.2, -0.15) is 0 Å². The molecular formula is C43H27N. The summed E-state index contributed by atoms with van der Waals surface area (Å²) in [7, 11) is 0. The monoisotopic (exact) mass is 557 g/mol. The number of rotatable bonds is 2. The predicted molar refractivity (Wildman–Crippen MR) is 178 cm³/mol. The number of pyridine rings is 1. The van der Waals surface area contributed by atoms with Crippen LogP contribution in [0.1, 0.15) is 44.5 Å². The van der Waals surface area contributed by atoms with Gasteiger partial charge in [0.15, 0.2) is 0 Å². The van der Waals surface area contributed by atoms with Crippen LogP contribution in [0.2, 0.25) is 0 Å². The highest BCUT2D eigenvalue weighted by Gasteiger charge is 2.59. The SMILES string of the molecule is c1ccc(C23c4ccccc4-c4cccc(c42)C2(c4ccccc4-c4ccc(-c5ccccn5)cc42)c2ccccc23)cc1. The highest BCUT2D eigenvalue weighted by Crippen LogP contribution is 2.68. The fourth-order valence-electron chi connectivity index (χ4n) is 8.93. The Morgan fingerprint density at radius 2 is 0.932 bits per heavy atom. The van der Waals surface area contributed by atoms with Crippen LogP contribution >= 0.6 is 0 Å². The fourth-order valence-corrected chi connectivity index (χ4v) is 8.93. The van der Waals surface area contributed by atoms with Gasteiger partial charge in [-0.25, -0.2) is 0 Å². The molecule has 2 atom stereocenters. The number of benzene rings is 6. The first-order chi connectivity index (χ1) is 21.8. The van der Waals surface area contributed by atoms with Crippen LogP contribution in [0.5, 0.6) is 0 Å². The van der Waals surface area contributed by atoms with E-state index in [0.29, 0.717) is 0 Å². The summed E-state index contributed by atoms with van der Waals surface area (Å²) in [5.41, 5.74) is 17.4. The van der Waals surface area contributed by atoms with Crippen molar-refractivity contribution in [3.63, 3.8) is 0 Å². The minimum absolute atomic E-state index is 0.415. The molecule has 3 aliphatic carbocycles. The Hall–Kier alpha value is -5.53. The first-order valence-corrected chi connectivity index (χ1v) is 15.4. The van der Waals surface area contributed by atoms with E-state index in [1.54, 1.807) is 0 Å². The van der Waals surface area contributed by atoms with Crippen LogP contribution in [-0.2, 0) is 10.8 Å². The molecule has 0 amide bonds. The average molecular weight is 558 g/mol. The van der Waals surface area contributed by atoms with Crippen molar-refractivity contribution in [2.24, 2.45) is 0 Å². The molecule has 2 unspecified atom stereocenters. The third-order valence-electron chi connectivity index (χ3n) is 10.4. The average Bonchev–Trinajstić information content (AvgIpc) is 3.57. The van der Waals surface area contributed by atoms with E-state index in [2.05, 4.69) is 152 Å². The Labute approximate surface area is 257 Å². The van der Waals surface area contributed by atoms with Gasteiger partial charge in [0, 0.05) is 11.8 Å². The van der Waals surface area contributed by atoms with Crippen LogP contribution in [-0.4, -0.2) is 4.98 Å². The molecule has 7 aromatic rings. The van der Waals surface area contributed by atoms with Crippen molar-refractivity contribution >= 4 is 0 Å². The highest BCUT2D eigenvalue weighted by molar-refractivity contribution is 5.96. The Kier molecular flexibility index (Phi) is 4.64. The van der Waals surface area contributed by atoms with E-state index < -0.39 is 10.8 Å². The molecule has 0 saturated carbocycles. The molecule has 1 aromatic heterocycles. The van der Waals surface area contributed by atoms with Gasteiger partial charge in [0.1, 0.15) is 0 Å². The van der Waals surface area contributed by atoms with E-state index >= 15 is 0 Å². The van der Waals surface area contributed by atoms with Crippen LogP contribution in [0.25, 0.3) is 33.5 Å². The molecule has 1 nitrogen and oxygen atoms in total. The zero-order valence-electron chi connectivity index (χ0n) is 24.0. The topological polar surface area (TPSA) is 12.9 Å². The van der Waals surface area contributed by atoms with Crippen LogP contribution in [0.3, 0.4) is 0 Å². The van der Waals surface area contributed by atoms with E-state index in [1.165, 1.54) is 66.8 Å². The molecule has 204 valence electrons. The Morgan fingerprint density at radius 3 is 1.68 bits per heavy atom. The lowest BCUT2D eigenvalue weighted by molar-refractivity contribution is 0.636. The van der Waals surface area contributed by atoms with Crippen molar-refractivity contribution in [2.45, 2.75) is 10.8 Å². The molecule has 0 radical (unpaired) electrons. The van der Waals surface area contributed by atoms with Gasteiger partial charge in [-0.3, -0.25) is 4.98 Å². The first-order valence-electron chi connectivity index (χ1n) is 15.4. The third-order valence-corrected chi connectivity index (χ3v) is 10.4. The molecular weight excluding hydrogens is 530 g/mol. The quantitative estimate of drug-likeness (QED) is 0.206. The highest BCUT2D eigenvalue weighted by atomic mass is 14.7. The van der Waals surface area contributed by atoms with Gasteiger partial charge >= 0.3 is 0 Å². The standard InChI is InChI=1S/C43H27N/c1-2-13-29(14-3-1)42-34-18-6-5-16-31(34)33-17-12-22-38(41(33)42)43(37-21-9-8-20-36(37)42)35-19-7-4-15-30(35)32-25-24-28(27-39(32)43)40-23-10-11-26-44-40/h1-27H. The van der Waals surface area contributed by atoms with Crippen molar-refractivity contribution < 1.29 is 0 Å². The second kappa shape index (κ2) is 8.52. The van der Waals surface area contributed by atoms with Crippen molar-refractivity contribution in [3.8, 4) is 33.5 Å². The molecule has 1 spiro atoms. The van der Waals surface area contributed by atoms with Crippen molar-refractivity contribution in [1.29, 1.82) is 0 Å². The summed E-state index contributed by atoms with van der Waals surface area (Å²) in [5.74, 6) is 0. The normalized spacial score (nSPS) is 19.5. The smallest absolute Gasteiger partial charge is 0.0720 e. The van der Waals surface area contributed by atoms with Crippen LogP contribution < -0.4 is 0 Å². The molecule has 6 aromatic carbocycles. The Morgan fingerprint density at radius 1 is 0.364 bits per heavy atom. The van der Waals surface area contributed by atoms with Gasteiger partial charge in [-0.05, 0) is 85.0 Å². The summed E-state index contributed by atoms with van der Waals surface area (Å²) < 4.78 is 0. The molecule has 0 aliphatic heterocycles. The molecule has 10 rings (SSSR count). The molecule has 0 bridgehead atoms. The maximum atomic E-state index is 4.76. The van der Waals surface area contributed by atoms with Gasteiger partial charge in [0.25, 0.3) is 0 Å². The number of hydrogen-bond acceptors (Lipinski definition) is 1. The maximum Gasteiger partial charge on any atom is 0.0720 e. The van der Waals surface area contributed by atoms with Gasteiger partial charge in [0.05, 0.1) is 16.5 Å². The predicted octanol–water partition coefficient (Wildman–Crippen LogP) is 9.79. The Balaban J connectivity index is 1.42. The molecule has 3 aliphatic rings. The number of aromatic nitrogens is 1. The minimum atomic E-state index is -0.473. The molecule has 0 fully saturated rings.